The van der Waals surface area contributed by atoms with E-state index in [1.807, 2.05) is 6.07 Å². The maximum Gasteiger partial charge on any atom is 0.371 e. The number of hydrogen-bond donors (Lipinski definition) is 2. The number of nitrogens with one attached hydrogen (secondary N) is 1. The summed E-state index contributed by atoms with van der Waals surface area (Å²) in [7, 11) is 0. The zero-order chi connectivity index (χ0) is 11.1. The number of hydrogen-bond acceptors (Lipinski definition) is 4. The average Bonchev–Trinajstić information content (AvgIpc) is 2.73. The van der Waals surface area contributed by atoms with Gasteiger partial charge in [-0.25, -0.2) is 19.7 Å². The van der Waals surface area contributed by atoms with E-state index in [0.717, 1.165) is 5.39 Å². The third kappa shape index (κ3) is 1.13. The number of H-pyrrole nitrogens is 1. The lowest BCUT2D eigenvalue weighted by molar-refractivity contribution is 0.0685. The quantitative estimate of drug-likeness (QED) is 0.635. The number of carboxylic acid groups (broad SMARTS) is 1. The maximum absolute atomic E-state index is 10.8. The highest BCUT2D eigenvalue weighted by atomic mass is 16.4. The number of imidazole rings is 1. The summed E-state index contributed by atoms with van der Waals surface area (Å²) in [5, 5.41) is 9.66. The van der Waals surface area contributed by atoms with Crippen molar-refractivity contribution in [2.45, 2.75) is 0 Å². The van der Waals surface area contributed by atoms with Crippen molar-refractivity contribution < 1.29 is 9.90 Å². The fraction of sp³-hybridized carbons (Fsp3) is 0. The minimum atomic E-state index is -1.08. The summed E-state index contributed by atoms with van der Waals surface area (Å²) in [6.07, 6.45) is 3.08. The second-order valence-electron chi connectivity index (χ2n) is 3.31. The topological polar surface area (TPSA) is 91.8 Å². The molecule has 16 heavy (non-hydrogen) atoms. The molecule has 2 N–H and O–H groups in total. The fourth-order valence-electron chi connectivity index (χ4n) is 1.62. The van der Waals surface area contributed by atoms with Crippen LogP contribution >= 0.6 is 0 Å². The molecule has 0 saturated carbocycles. The first-order valence-corrected chi connectivity index (χ1v) is 4.57. The molecular formula is C10H6N4O2. The lowest BCUT2D eigenvalue weighted by Crippen LogP contribution is -1.97. The lowest BCUT2D eigenvalue weighted by Gasteiger charge is -1.94. The molecule has 0 unspecified atom stereocenters. The molecule has 6 nitrogen and oxygen atoms in total. The summed E-state index contributed by atoms with van der Waals surface area (Å²) in [6.45, 7) is 0. The number of aromatic nitrogens is 4. The summed E-state index contributed by atoms with van der Waals surface area (Å²) in [5.74, 6) is -1.17. The number of carboxylic acids is 1. The maximum atomic E-state index is 10.8. The molecule has 0 radical (unpaired) electrons. The first-order valence-electron chi connectivity index (χ1n) is 4.57. The second kappa shape index (κ2) is 2.99. The van der Waals surface area contributed by atoms with E-state index >= 15 is 0 Å². The standard InChI is InChI=1S/C10H6N4O2/c15-10(16)9-13-6-2-1-5-3-11-4-12-7(5)8(6)14-9/h1-4H,(H,13,14)(H,15,16). The van der Waals surface area contributed by atoms with Crippen LogP contribution in [0.1, 0.15) is 10.6 Å². The number of benzene rings is 1. The Morgan fingerprint density at radius 3 is 3.00 bits per heavy atom. The van der Waals surface area contributed by atoms with Crippen LogP contribution in [0, 0.1) is 0 Å². The molecular weight excluding hydrogens is 208 g/mol. The summed E-state index contributed by atoms with van der Waals surface area (Å²) in [6, 6.07) is 3.59. The van der Waals surface area contributed by atoms with E-state index in [4.69, 9.17) is 5.11 Å². The van der Waals surface area contributed by atoms with Gasteiger partial charge in [-0.3, -0.25) is 0 Å². The molecule has 3 rings (SSSR count). The predicted molar refractivity (Wildman–Crippen MR) is 56.1 cm³/mol. The van der Waals surface area contributed by atoms with Crippen LogP contribution in [-0.4, -0.2) is 31.0 Å². The van der Waals surface area contributed by atoms with E-state index in [1.54, 1.807) is 12.3 Å². The van der Waals surface area contributed by atoms with Gasteiger partial charge in [-0.05, 0) is 12.1 Å². The van der Waals surface area contributed by atoms with Gasteiger partial charge in [0.25, 0.3) is 0 Å². The Morgan fingerprint density at radius 1 is 1.31 bits per heavy atom. The molecule has 0 fully saturated rings. The van der Waals surface area contributed by atoms with Crippen molar-refractivity contribution in [2.24, 2.45) is 0 Å². The number of aromatic amines is 1. The minimum absolute atomic E-state index is 0.0823. The van der Waals surface area contributed by atoms with Gasteiger partial charge >= 0.3 is 5.97 Å². The molecule has 2 heterocycles. The van der Waals surface area contributed by atoms with Crippen LogP contribution in [0.25, 0.3) is 21.9 Å². The van der Waals surface area contributed by atoms with Crippen molar-refractivity contribution in [1.82, 2.24) is 19.9 Å². The highest BCUT2D eigenvalue weighted by Gasteiger charge is 2.11. The van der Waals surface area contributed by atoms with E-state index < -0.39 is 5.97 Å². The Morgan fingerprint density at radius 2 is 2.19 bits per heavy atom. The second-order valence-corrected chi connectivity index (χ2v) is 3.31. The number of aromatic carboxylic acids is 1. The van der Waals surface area contributed by atoms with Gasteiger partial charge in [-0.2, -0.15) is 0 Å². The van der Waals surface area contributed by atoms with E-state index in [-0.39, 0.29) is 5.82 Å². The average molecular weight is 214 g/mol. The smallest absolute Gasteiger partial charge is 0.371 e. The molecule has 0 aliphatic carbocycles. The van der Waals surface area contributed by atoms with E-state index in [9.17, 15) is 4.79 Å². The molecule has 0 amide bonds. The van der Waals surface area contributed by atoms with Gasteiger partial charge in [-0.1, -0.05) is 0 Å². The monoisotopic (exact) mass is 214 g/mol. The van der Waals surface area contributed by atoms with Crippen molar-refractivity contribution in [1.29, 1.82) is 0 Å². The van der Waals surface area contributed by atoms with Crippen molar-refractivity contribution in [3.63, 3.8) is 0 Å². The third-order valence-electron chi connectivity index (χ3n) is 2.33. The van der Waals surface area contributed by atoms with E-state index in [0.29, 0.717) is 16.6 Å². The van der Waals surface area contributed by atoms with Crippen molar-refractivity contribution in [2.75, 3.05) is 0 Å². The highest BCUT2D eigenvalue weighted by molar-refractivity contribution is 6.03. The van der Waals surface area contributed by atoms with Gasteiger partial charge in [-0.15, -0.1) is 0 Å². The van der Waals surface area contributed by atoms with Crippen LogP contribution in [0.15, 0.2) is 24.7 Å². The Bertz CT molecular complexity index is 704. The Balaban J connectivity index is 2.46. The zero-order valence-corrected chi connectivity index (χ0v) is 8.01. The number of carbonyl (C=O) groups is 1. The summed E-state index contributed by atoms with van der Waals surface area (Å²) in [4.78, 5) is 25.5. The van der Waals surface area contributed by atoms with Crippen LogP contribution < -0.4 is 0 Å². The van der Waals surface area contributed by atoms with Crippen molar-refractivity contribution in [3.8, 4) is 0 Å². The number of rotatable bonds is 1. The van der Waals surface area contributed by atoms with Gasteiger partial charge < -0.3 is 10.1 Å². The van der Waals surface area contributed by atoms with Gasteiger partial charge in [0.05, 0.1) is 5.52 Å². The number of nitrogens with zero attached hydrogens (tertiary/aromatic N) is 3. The molecule has 3 aromatic rings. The minimum Gasteiger partial charge on any atom is -0.475 e. The SMILES string of the molecule is O=C(O)c1nc2c(ccc3cncnc32)[nH]1. The summed E-state index contributed by atoms with van der Waals surface area (Å²) < 4.78 is 0. The molecule has 0 spiro atoms. The summed E-state index contributed by atoms with van der Waals surface area (Å²) >= 11 is 0. The van der Waals surface area contributed by atoms with Gasteiger partial charge in [0, 0.05) is 11.6 Å². The van der Waals surface area contributed by atoms with Gasteiger partial charge in [0.15, 0.2) is 0 Å². The Hall–Kier alpha value is -2.50. The van der Waals surface area contributed by atoms with Crippen molar-refractivity contribution in [3.05, 3.63) is 30.5 Å². The van der Waals surface area contributed by atoms with Gasteiger partial charge in [0.2, 0.25) is 5.82 Å². The summed E-state index contributed by atoms with van der Waals surface area (Å²) in [5.41, 5.74) is 1.86. The molecule has 0 aliphatic heterocycles. The number of fused-ring (bicyclic) bond motifs is 3. The molecule has 78 valence electrons. The third-order valence-corrected chi connectivity index (χ3v) is 2.33. The molecule has 0 saturated heterocycles. The Labute approximate surface area is 89.0 Å². The molecule has 0 atom stereocenters. The van der Waals surface area contributed by atoms with Crippen LogP contribution in [-0.2, 0) is 0 Å². The lowest BCUT2D eigenvalue weighted by atomic mass is 10.2. The molecule has 2 aromatic heterocycles. The van der Waals surface area contributed by atoms with Crippen molar-refractivity contribution >= 4 is 27.9 Å². The molecule has 0 bridgehead atoms. The fourth-order valence-corrected chi connectivity index (χ4v) is 1.62. The normalized spacial score (nSPS) is 11.0. The predicted octanol–water partition coefficient (Wildman–Crippen LogP) is 1.20. The first-order chi connectivity index (χ1) is 7.75. The van der Waals surface area contributed by atoms with E-state index in [2.05, 4.69) is 19.9 Å². The zero-order valence-electron chi connectivity index (χ0n) is 8.01. The van der Waals surface area contributed by atoms with Crippen LogP contribution in [0.3, 0.4) is 0 Å². The molecule has 1 aromatic carbocycles. The molecule has 0 aliphatic rings. The highest BCUT2D eigenvalue weighted by Crippen LogP contribution is 2.20. The Kier molecular flexibility index (Phi) is 1.64. The largest absolute Gasteiger partial charge is 0.475 e. The van der Waals surface area contributed by atoms with Crippen LogP contribution in [0.5, 0.6) is 0 Å². The van der Waals surface area contributed by atoms with Crippen LogP contribution in [0.2, 0.25) is 0 Å². The first kappa shape index (κ1) is 8.78. The van der Waals surface area contributed by atoms with Crippen LogP contribution in [0.4, 0.5) is 0 Å². The van der Waals surface area contributed by atoms with Gasteiger partial charge in [0.1, 0.15) is 17.4 Å². The van der Waals surface area contributed by atoms with E-state index in [1.165, 1.54) is 6.33 Å². The molecule has 6 heteroatoms.